The minimum Gasteiger partial charge on any atom is -0.325 e. The van der Waals surface area contributed by atoms with Crippen molar-refractivity contribution in [2.24, 2.45) is 0 Å². The van der Waals surface area contributed by atoms with Gasteiger partial charge in [0.15, 0.2) is 5.78 Å². The maximum atomic E-state index is 12.4. The van der Waals surface area contributed by atoms with Gasteiger partial charge in [-0.25, -0.2) is 9.50 Å². The lowest BCUT2D eigenvalue weighted by Crippen LogP contribution is -2.22. The Morgan fingerprint density at radius 1 is 1.15 bits per heavy atom. The van der Waals surface area contributed by atoms with E-state index in [4.69, 9.17) is 0 Å². The van der Waals surface area contributed by atoms with Crippen molar-refractivity contribution in [2.75, 3.05) is 5.32 Å². The third-order valence-electron chi connectivity index (χ3n) is 3.81. The van der Waals surface area contributed by atoms with Crippen LogP contribution in [-0.4, -0.2) is 36.5 Å². The largest absolute Gasteiger partial charge is 0.325 e. The molecular formula is C18H19N5O2S. The van der Waals surface area contributed by atoms with E-state index in [1.54, 1.807) is 35.7 Å². The van der Waals surface area contributed by atoms with Gasteiger partial charge in [-0.1, -0.05) is 11.8 Å². The van der Waals surface area contributed by atoms with E-state index in [0.29, 0.717) is 22.2 Å². The molecule has 2 aromatic heterocycles. The molecule has 0 unspecified atom stereocenters. The molecule has 0 radical (unpaired) electrons. The summed E-state index contributed by atoms with van der Waals surface area (Å²) in [7, 11) is 0. The maximum Gasteiger partial charge on any atom is 0.253 e. The second-order valence-electron chi connectivity index (χ2n) is 6.03. The van der Waals surface area contributed by atoms with Gasteiger partial charge in [-0.15, -0.1) is 5.10 Å². The zero-order valence-corrected chi connectivity index (χ0v) is 15.8. The molecule has 0 aliphatic carbocycles. The van der Waals surface area contributed by atoms with E-state index in [-0.39, 0.29) is 16.9 Å². The van der Waals surface area contributed by atoms with Crippen molar-refractivity contribution in [3.8, 4) is 0 Å². The Bertz CT molecular complexity index is 981. The molecule has 0 spiro atoms. The topological polar surface area (TPSA) is 89.2 Å². The number of hydrogen-bond donors (Lipinski definition) is 1. The molecule has 3 rings (SSSR count). The molecule has 1 N–H and O–H groups in total. The highest BCUT2D eigenvalue weighted by Crippen LogP contribution is 2.22. The van der Waals surface area contributed by atoms with Gasteiger partial charge in [0, 0.05) is 22.6 Å². The minimum atomic E-state index is -0.388. The highest BCUT2D eigenvalue weighted by molar-refractivity contribution is 8.00. The van der Waals surface area contributed by atoms with Crippen molar-refractivity contribution in [1.82, 2.24) is 19.6 Å². The highest BCUT2D eigenvalue weighted by Gasteiger charge is 2.18. The van der Waals surface area contributed by atoms with Crippen LogP contribution in [0.2, 0.25) is 0 Å². The van der Waals surface area contributed by atoms with Gasteiger partial charge < -0.3 is 5.32 Å². The normalized spacial score (nSPS) is 12.2. The summed E-state index contributed by atoms with van der Waals surface area (Å²) >= 11 is 1.27. The molecule has 1 aromatic carbocycles. The molecule has 134 valence electrons. The fourth-order valence-corrected chi connectivity index (χ4v) is 3.19. The molecule has 1 atom stereocenters. The molecule has 0 fully saturated rings. The number of anilines is 1. The van der Waals surface area contributed by atoms with E-state index < -0.39 is 0 Å². The van der Waals surface area contributed by atoms with Crippen molar-refractivity contribution >= 4 is 34.9 Å². The van der Waals surface area contributed by atoms with Crippen LogP contribution in [-0.2, 0) is 4.79 Å². The Morgan fingerprint density at radius 3 is 2.50 bits per heavy atom. The molecule has 26 heavy (non-hydrogen) atoms. The molecule has 0 bridgehead atoms. The monoisotopic (exact) mass is 369 g/mol. The Morgan fingerprint density at radius 2 is 1.85 bits per heavy atom. The molecule has 3 aromatic rings. The van der Waals surface area contributed by atoms with Crippen molar-refractivity contribution in [2.45, 2.75) is 38.1 Å². The Balaban J connectivity index is 1.69. The molecule has 0 saturated carbocycles. The van der Waals surface area contributed by atoms with E-state index in [9.17, 15) is 9.59 Å². The number of carbonyl (C=O) groups excluding carboxylic acids is 2. The number of thioether (sulfide) groups is 1. The average molecular weight is 369 g/mol. The number of ketones is 1. The molecular weight excluding hydrogens is 350 g/mol. The third kappa shape index (κ3) is 3.91. The SMILES string of the molecule is CC(=O)c1ccc(NC(=O)[C@@H](C)Sc2nc3nc(C)cc(C)n3n2)cc1. The summed E-state index contributed by atoms with van der Waals surface area (Å²) < 4.78 is 1.67. The first kappa shape index (κ1) is 18.1. The molecule has 8 heteroatoms. The fourth-order valence-electron chi connectivity index (χ4n) is 2.44. The van der Waals surface area contributed by atoms with Crippen LogP contribution >= 0.6 is 11.8 Å². The number of aromatic nitrogens is 4. The van der Waals surface area contributed by atoms with E-state index in [1.165, 1.54) is 18.7 Å². The van der Waals surface area contributed by atoms with Gasteiger partial charge in [0.1, 0.15) is 0 Å². The third-order valence-corrected chi connectivity index (χ3v) is 4.76. The van der Waals surface area contributed by atoms with Crippen LogP contribution in [0.1, 0.15) is 35.6 Å². The number of rotatable bonds is 5. The first-order chi connectivity index (χ1) is 12.3. The number of carbonyl (C=O) groups is 2. The Kier molecular flexibility index (Phi) is 5.03. The van der Waals surface area contributed by atoms with Crippen molar-refractivity contribution in [1.29, 1.82) is 0 Å². The second kappa shape index (κ2) is 7.25. The number of nitrogens with one attached hydrogen (secondary N) is 1. The minimum absolute atomic E-state index is 0.0103. The highest BCUT2D eigenvalue weighted by atomic mass is 32.2. The van der Waals surface area contributed by atoms with Crippen LogP contribution in [0.5, 0.6) is 0 Å². The quantitative estimate of drug-likeness (QED) is 0.549. The van der Waals surface area contributed by atoms with Crippen LogP contribution in [0.25, 0.3) is 5.78 Å². The van der Waals surface area contributed by atoms with Crippen molar-refractivity contribution < 1.29 is 9.59 Å². The molecule has 0 saturated heterocycles. The van der Waals surface area contributed by atoms with Gasteiger partial charge in [0.05, 0.1) is 5.25 Å². The lowest BCUT2D eigenvalue weighted by molar-refractivity contribution is -0.115. The molecule has 0 aliphatic rings. The molecule has 0 aliphatic heterocycles. The van der Waals surface area contributed by atoms with Gasteiger partial charge in [0.25, 0.3) is 5.78 Å². The predicted molar refractivity (Wildman–Crippen MR) is 101 cm³/mol. The maximum absolute atomic E-state index is 12.4. The summed E-state index contributed by atoms with van der Waals surface area (Å²) in [4.78, 5) is 32.4. The average Bonchev–Trinajstić information content (AvgIpc) is 2.97. The zero-order chi connectivity index (χ0) is 18.8. The number of fused-ring (bicyclic) bond motifs is 1. The standard InChI is InChI=1S/C18H19N5O2S/c1-10-9-11(2)23-17(19-10)21-18(22-23)26-13(4)16(25)20-15-7-5-14(6-8-15)12(3)24/h5-9,13H,1-4H3,(H,20,25)/t13-/m1/s1. The summed E-state index contributed by atoms with van der Waals surface area (Å²) in [6.07, 6.45) is 0. The fraction of sp³-hybridized carbons (Fsp3) is 0.278. The predicted octanol–water partition coefficient (Wildman–Crippen LogP) is 3.06. The van der Waals surface area contributed by atoms with E-state index >= 15 is 0 Å². The first-order valence-electron chi connectivity index (χ1n) is 8.13. The lowest BCUT2D eigenvalue weighted by Gasteiger charge is -2.10. The summed E-state index contributed by atoms with van der Waals surface area (Å²) in [6, 6.07) is 8.74. The number of aryl methyl sites for hydroxylation is 2. The van der Waals surface area contributed by atoms with Crippen LogP contribution in [0.4, 0.5) is 5.69 Å². The van der Waals surface area contributed by atoms with Crippen LogP contribution in [0.15, 0.2) is 35.5 Å². The Hall–Kier alpha value is -2.74. The molecule has 1 amide bonds. The zero-order valence-electron chi connectivity index (χ0n) is 15.0. The van der Waals surface area contributed by atoms with E-state index in [2.05, 4.69) is 20.4 Å². The van der Waals surface area contributed by atoms with E-state index in [1.807, 2.05) is 19.9 Å². The van der Waals surface area contributed by atoms with Gasteiger partial charge in [-0.05, 0) is 58.0 Å². The summed E-state index contributed by atoms with van der Waals surface area (Å²) in [6.45, 7) is 7.14. The molecule has 7 nitrogen and oxygen atoms in total. The number of hydrogen-bond acceptors (Lipinski definition) is 6. The summed E-state index contributed by atoms with van der Waals surface area (Å²) in [5, 5.41) is 7.35. The lowest BCUT2D eigenvalue weighted by atomic mass is 10.1. The summed E-state index contributed by atoms with van der Waals surface area (Å²) in [5.41, 5.74) is 3.06. The van der Waals surface area contributed by atoms with Gasteiger partial charge >= 0.3 is 0 Å². The molecule has 2 heterocycles. The Labute approximate surface area is 155 Å². The number of Topliss-reactive ketones (excluding diaryl/α,β-unsaturated/α-hetero) is 1. The van der Waals surface area contributed by atoms with Crippen LogP contribution in [0, 0.1) is 13.8 Å². The smallest absolute Gasteiger partial charge is 0.253 e. The van der Waals surface area contributed by atoms with Crippen molar-refractivity contribution in [3.05, 3.63) is 47.3 Å². The van der Waals surface area contributed by atoms with Gasteiger partial charge in [-0.3, -0.25) is 9.59 Å². The number of benzene rings is 1. The van der Waals surface area contributed by atoms with Crippen LogP contribution in [0.3, 0.4) is 0 Å². The van der Waals surface area contributed by atoms with E-state index in [0.717, 1.165) is 11.4 Å². The summed E-state index contributed by atoms with van der Waals surface area (Å²) in [5.74, 6) is 0.353. The van der Waals surface area contributed by atoms with Crippen molar-refractivity contribution in [3.63, 3.8) is 0 Å². The number of nitrogens with zero attached hydrogens (tertiary/aromatic N) is 4. The first-order valence-corrected chi connectivity index (χ1v) is 9.01. The number of amides is 1. The van der Waals surface area contributed by atoms with Gasteiger partial charge in [-0.2, -0.15) is 4.98 Å². The second-order valence-corrected chi connectivity index (χ2v) is 7.34. The van der Waals surface area contributed by atoms with Gasteiger partial charge in [0.2, 0.25) is 11.1 Å². The van der Waals surface area contributed by atoms with Crippen LogP contribution < -0.4 is 5.32 Å².